The molecule has 0 radical (unpaired) electrons. The van der Waals surface area contributed by atoms with Crippen molar-refractivity contribution in [2.24, 2.45) is 0 Å². The largest absolute Gasteiger partial charge is 0.394 e. The lowest BCUT2D eigenvalue weighted by atomic mass is 9.99. The molecule has 0 aliphatic carbocycles. The van der Waals surface area contributed by atoms with Gasteiger partial charge >= 0.3 is 11.6 Å². The number of alkyl halides is 1. The van der Waals surface area contributed by atoms with Crippen LogP contribution in [0.2, 0.25) is 0 Å². The summed E-state index contributed by atoms with van der Waals surface area (Å²) in [6.45, 7) is 2.60. The number of hydrogen-bond donors (Lipinski definition) is 6. The molecule has 1 saturated heterocycles. The van der Waals surface area contributed by atoms with Gasteiger partial charge in [-0.15, -0.1) is 5.06 Å². The van der Waals surface area contributed by atoms with Crippen LogP contribution in [-0.2, 0) is 10.6 Å². The van der Waals surface area contributed by atoms with Gasteiger partial charge in [-0.25, -0.2) is 13.8 Å². The summed E-state index contributed by atoms with van der Waals surface area (Å²) in [5.41, 5.74) is -5.37. The average Bonchev–Trinajstić information content (AvgIpc) is 3.14. The normalized spacial score (nSPS) is 25.6. The van der Waals surface area contributed by atoms with Crippen LogP contribution in [0.4, 0.5) is 4.39 Å². The van der Waals surface area contributed by atoms with Gasteiger partial charge in [-0.05, 0) is 19.8 Å². The Balaban J connectivity index is 1.81. The van der Waals surface area contributed by atoms with Gasteiger partial charge in [0.05, 0.1) is 6.61 Å². The van der Waals surface area contributed by atoms with E-state index in [1.165, 1.54) is 71.1 Å². The lowest BCUT2D eigenvalue weighted by Crippen LogP contribution is -2.69. The summed E-state index contributed by atoms with van der Waals surface area (Å²) in [6.07, 6.45) is 11.4. The number of rotatable bonds is 20. The minimum atomic E-state index is -3.29. The van der Waals surface area contributed by atoms with Crippen molar-refractivity contribution in [3.05, 3.63) is 32.6 Å². The Kier molecular flexibility index (Phi) is 14.4. The molecule has 0 bridgehead atoms. The number of nitrogens with zero attached hydrogens (tertiary/aromatic N) is 2. The van der Waals surface area contributed by atoms with Crippen molar-refractivity contribution >= 4 is 0 Å². The van der Waals surface area contributed by atoms with Crippen LogP contribution in [0.15, 0.2) is 15.8 Å². The maximum absolute atomic E-state index is 15.1. The maximum atomic E-state index is 15.1. The predicted molar refractivity (Wildman–Crippen MR) is 147 cm³/mol. The standard InChI is InChI=1S/C28H50FN3O8/c1-3-4-5-6-7-8-9-10-11-12-13-14-15-16-17-18-23(29)32(39)27(37)24(34)22(20-33)40-28(27,38)31-19-21(2)25(35)30-26(31)36/h19,22-24,33-34,37-39H,3-18,20H2,1-2H3,(H,30,35,36)/t22-,23?,24-,27-,28-/m1/s1. The van der Waals surface area contributed by atoms with Crippen LogP contribution in [0, 0.1) is 6.92 Å². The van der Waals surface area contributed by atoms with Gasteiger partial charge in [0.15, 0.2) is 6.30 Å². The highest BCUT2D eigenvalue weighted by molar-refractivity contribution is 5.09. The van der Waals surface area contributed by atoms with E-state index in [9.17, 15) is 35.2 Å². The number of H-pyrrole nitrogens is 1. The first-order valence-corrected chi connectivity index (χ1v) is 14.9. The lowest BCUT2D eigenvalue weighted by Gasteiger charge is -2.43. The molecule has 1 aliphatic rings. The summed E-state index contributed by atoms with van der Waals surface area (Å²) in [6, 6.07) is 0. The van der Waals surface area contributed by atoms with Crippen LogP contribution in [0.5, 0.6) is 0 Å². The Morgan fingerprint density at radius 1 is 0.975 bits per heavy atom. The van der Waals surface area contributed by atoms with Crippen molar-refractivity contribution in [3.63, 3.8) is 0 Å². The van der Waals surface area contributed by atoms with Gasteiger partial charge in [0, 0.05) is 11.8 Å². The molecule has 40 heavy (non-hydrogen) atoms. The van der Waals surface area contributed by atoms with E-state index in [0.29, 0.717) is 17.4 Å². The number of aromatic nitrogens is 2. The zero-order valence-corrected chi connectivity index (χ0v) is 24.1. The summed E-state index contributed by atoms with van der Waals surface area (Å²) in [4.78, 5) is 26.1. The van der Waals surface area contributed by atoms with Crippen LogP contribution < -0.4 is 11.2 Å². The SMILES string of the molecule is CCCCCCCCCCCCCCCCCC(F)N(O)[C@@]1(O)[C@H](O)[C@@H](CO)O[C@@]1(O)n1cc(C)c(=O)[nH]c1=O. The zero-order valence-electron chi connectivity index (χ0n) is 24.1. The molecule has 232 valence electrons. The molecule has 1 fully saturated rings. The minimum absolute atomic E-state index is 0.0694. The average molecular weight is 576 g/mol. The van der Waals surface area contributed by atoms with E-state index in [1.807, 2.05) is 4.98 Å². The van der Waals surface area contributed by atoms with Crippen molar-refractivity contribution in [1.29, 1.82) is 0 Å². The van der Waals surface area contributed by atoms with Gasteiger partial charge in [0.2, 0.25) is 5.72 Å². The molecule has 1 aromatic rings. The Bertz CT molecular complexity index is 991. The number of aromatic amines is 1. The number of aliphatic hydroxyl groups is 4. The highest BCUT2D eigenvalue weighted by atomic mass is 19.1. The molecule has 1 aromatic heterocycles. The maximum Gasteiger partial charge on any atom is 0.332 e. The number of aryl methyl sites for hydroxylation is 1. The smallest absolute Gasteiger partial charge is 0.332 e. The topological polar surface area (TPSA) is 168 Å². The van der Waals surface area contributed by atoms with Gasteiger partial charge in [0.1, 0.15) is 12.2 Å². The van der Waals surface area contributed by atoms with Crippen LogP contribution in [0.1, 0.15) is 115 Å². The Morgan fingerprint density at radius 2 is 1.45 bits per heavy atom. The van der Waals surface area contributed by atoms with Gasteiger partial charge in [0.25, 0.3) is 5.56 Å². The number of aliphatic hydroxyl groups excluding tert-OH is 2. The second-order valence-corrected chi connectivity index (χ2v) is 11.1. The monoisotopic (exact) mass is 575 g/mol. The molecule has 6 N–H and O–H groups in total. The first-order chi connectivity index (χ1) is 19.0. The van der Waals surface area contributed by atoms with E-state index in [2.05, 4.69) is 6.92 Å². The second-order valence-electron chi connectivity index (χ2n) is 11.1. The van der Waals surface area contributed by atoms with Crippen molar-refractivity contribution in [2.75, 3.05) is 6.61 Å². The van der Waals surface area contributed by atoms with Gasteiger partial charge in [-0.2, -0.15) is 0 Å². The minimum Gasteiger partial charge on any atom is -0.394 e. The number of ether oxygens (including phenoxy) is 1. The van der Waals surface area contributed by atoms with E-state index in [1.54, 1.807) is 0 Å². The van der Waals surface area contributed by atoms with Crippen LogP contribution >= 0.6 is 0 Å². The zero-order chi connectivity index (χ0) is 29.8. The fourth-order valence-electron chi connectivity index (χ4n) is 5.28. The van der Waals surface area contributed by atoms with E-state index >= 15 is 4.39 Å². The molecule has 1 aliphatic heterocycles. The van der Waals surface area contributed by atoms with E-state index < -0.39 is 48.0 Å². The fourth-order valence-corrected chi connectivity index (χ4v) is 5.28. The quantitative estimate of drug-likeness (QED) is 0.0592. The molecule has 5 atom stereocenters. The highest BCUT2D eigenvalue weighted by Crippen LogP contribution is 2.44. The summed E-state index contributed by atoms with van der Waals surface area (Å²) < 4.78 is 20.6. The molecule has 0 spiro atoms. The molecule has 2 heterocycles. The number of hydroxylamine groups is 2. The summed E-state index contributed by atoms with van der Waals surface area (Å²) in [5, 5.41) is 52.9. The van der Waals surface area contributed by atoms with Gasteiger partial charge < -0.3 is 30.4 Å². The van der Waals surface area contributed by atoms with E-state index in [4.69, 9.17) is 4.74 Å². The third-order valence-corrected chi connectivity index (χ3v) is 7.85. The number of unbranched alkanes of at least 4 members (excludes halogenated alkanes) is 14. The molecule has 0 saturated carbocycles. The van der Waals surface area contributed by atoms with Crippen LogP contribution in [0.3, 0.4) is 0 Å². The predicted octanol–water partition coefficient (Wildman–Crippen LogP) is 3.14. The van der Waals surface area contributed by atoms with Gasteiger partial charge in [-0.3, -0.25) is 9.78 Å². The summed E-state index contributed by atoms with van der Waals surface area (Å²) in [7, 11) is 0. The van der Waals surface area contributed by atoms with Crippen molar-refractivity contribution in [3.8, 4) is 0 Å². The number of halogens is 1. The molecular weight excluding hydrogens is 525 g/mol. The van der Waals surface area contributed by atoms with E-state index in [0.717, 1.165) is 25.5 Å². The molecule has 0 amide bonds. The first-order valence-electron chi connectivity index (χ1n) is 14.9. The summed E-state index contributed by atoms with van der Waals surface area (Å²) in [5.74, 6) is -3.24. The van der Waals surface area contributed by atoms with E-state index in [-0.39, 0.29) is 17.0 Å². The van der Waals surface area contributed by atoms with Crippen LogP contribution in [0.25, 0.3) is 0 Å². The first kappa shape index (κ1) is 34.5. The fraction of sp³-hybridized carbons (Fsp3) is 0.857. The highest BCUT2D eigenvalue weighted by Gasteiger charge is 2.71. The Labute approximate surface area is 235 Å². The lowest BCUT2D eigenvalue weighted by molar-refractivity contribution is -0.428. The Morgan fingerprint density at radius 3 is 1.93 bits per heavy atom. The van der Waals surface area contributed by atoms with Crippen molar-refractivity contribution in [2.45, 2.75) is 147 Å². The molecule has 12 heteroatoms. The molecule has 11 nitrogen and oxygen atoms in total. The van der Waals surface area contributed by atoms with Gasteiger partial charge in [-0.1, -0.05) is 96.8 Å². The molecular formula is C28H50FN3O8. The van der Waals surface area contributed by atoms with Crippen molar-refractivity contribution in [1.82, 2.24) is 14.6 Å². The summed E-state index contributed by atoms with van der Waals surface area (Å²) >= 11 is 0. The molecule has 1 unspecified atom stereocenters. The molecule has 0 aromatic carbocycles. The molecule has 2 rings (SSSR count). The second kappa shape index (κ2) is 16.7. The Hall–Kier alpha value is -1.67. The number of nitrogens with one attached hydrogen (secondary N) is 1. The third kappa shape index (κ3) is 8.43. The van der Waals surface area contributed by atoms with Crippen LogP contribution in [-0.4, -0.2) is 71.1 Å². The number of hydrogen-bond acceptors (Lipinski definition) is 9. The van der Waals surface area contributed by atoms with Crippen molar-refractivity contribution < 1.29 is 34.8 Å². The third-order valence-electron chi connectivity index (χ3n) is 7.85.